The molecular formula is C23H20F2N6O. The number of halogens is 2. The third-order valence-electron chi connectivity index (χ3n) is 5.47. The summed E-state index contributed by atoms with van der Waals surface area (Å²) in [6.07, 6.45) is -1.23. The Bertz CT molecular complexity index is 1210. The maximum absolute atomic E-state index is 12.9. The van der Waals surface area contributed by atoms with Crippen LogP contribution < -0.4 is 20.0 Å². The minimum atomic E-state index is -2.48. The lowest BCUT2D eigenvalue weighted by Gasteiger charge is -2.32. The van der Waals surface area contributed by atoms with E-state index in [1.807, 2.05) is 47.2 Å². The van der Waals surface area contributed by atoms with Crippen LogP contribution in [0.4, 0.5) is 20.3 Å². The number of nitrogens with one attached hydrogen (secondary N) is 1. The summed E-state index contributed by atoms with van der Waals surface area (Å²) in [7, 11) is 3.50. The van der Waals surface area contributed by atoms with Gasteiger partial charge < -0.3 is 9.64 Å². The molecule has 1 atom stereocenters. The maximum atomic E-state index is 12.9. The monoisotopic (exact) mass is 434 g/mol. The number of nitrogens with zero attached hydrogens (tertiary/aromatic N) is 5. The Labute approximate surface area is 183 Å². The molecule has 2 aliphatic rings. The number of benzene rings is 2. The molecule has 0 radical (unpaired) electrons. The topological polar surface area (TPSA) is 65.3 Å². The number of hydrogen-bond acceptors (Lipinski definition) is 7. The summed E-state index contributed by atoms with van der Waals surface area (Å²) in [5, 5.41) is 4.11. The standard InChI is InChI=1S/C23H20F2N6O/c1-30(17-5-3-4-16(12-17)14-6-8-15(9-7-14)20(24)25)21-18-10-11-19(32-2)27-22(18)31-13-26-29-23(31)28-21/h3-13,20,23,29H,1-2H3. The number of fused-ring (bicyclic) bond motifs is 3. The van der Waals surface area contributed by atoms with E-state index in [4.69, 9.17) is 9.73 Å². The fourth-order valence-electron chi connectivity index (χ4n) is 3.76. The van der Waals surface area contributed by atoms with E-state index in [0.717, 1.165) is 28.2 Å². The van der Waals surface area contributed by atoms with Gasteiger partial charge in [0.25, 0.3) is 6.43 Å². The fraction of sp³-hybridized carbons (Fsp3) is 0.174. The molecule has 7 nitrogen and oxygen atoms in total. The normalized spacial score (nSPS) is 16.3. The van der Waals surface area contributed by atoms with Gasteiger partial charge in [-0.05, 0) is 29.3 Å². The summed E-state index contributed by atoms with van der Waals surface area (Å²) in [6, 6.07) is 17.9. The third kappa shape index (κ3) is 3.41. The molecule has 0 amide bonds. The van der Waals surface area contributed by atoms with Crippen LogP contribution in [0.2, 0.25) is 0 Å². The van der Waals surface area contributed by atoms with Crippen molar-refractivity contribution in [1.29, 1.82) is 0 Å². The Kier molecular flexibility index (Phi) is 4.93. The molecule has 2 aromatic carbocycles. The summed E-state index contributed by atoms with van der Waals surface area (Å²) < 4.78 is 31.1. The van der Waals surface area contributed by atoms with E-state index in [1.54, 1.807) is 31.6 Å². The van der Waals surface area contributed by atoms with Gasteiger partial charge in [0.15, 0.2) is 5.82 Å². The Morgan fingerprint density at radius 1 is 1.06 bits per heavy atom. The number of hydrazone groups is 1. The van der Waals surface area contributed by atoms with Crippen molar-refractivity contribution in [3.8, 4) is 17.0 Å². The number of rotatable bonds is 4. The van der Waals surface area contributed by atoms with Crippen molar-refractivity contribution in [1.82, 2.24) is 10.4 Å². The molecule has 1 N–H and O–H groups in total. The zero-order valence-electron chi connectivity index (χ0n) is 17.4. The van der Waals surface area contributed by atoms with Crippen LogP contribution in [-0.4, -0.2) is 37.6 Å². The lowest BCUT2D eigenvalue weighted by atomic mass is 10.0. The highest BCUT2D eigenvalue weighted by atomic mass is 19.3. The minimum Gasteiger partial charge on any atom is -0.481 e. The zero-order chi connectivity index (χ0) is 22.2. The fourth-order valence-corrected chi connectivity index (χ4v) is 3.76. The first kappa shape index (κ1) is 19.9. The molecule has 1 unspecified atom stereocenters. The number of hydrogen-bond donors (Lipinski definition) is 1. The van der Waals surface area contributed by atoms with Gasteiger partial charge in [0.05, 0.1) is 12.7 Å². The van der Waals surface area contributed by atoms with Gasteiger partial charge in [0.2, 0.25) is 12.2 Å². The van der Waals surface area contributed by atoms with E-state index in [9.17, 15) is 8.78 Å². The Balaban J connectivity index is 1.51. The van der Waals surface area contributed by atoms with Gasteiger partial charge in [0, 0.05) is 24.4 Å². The second-order valence-corrected chi connectivity index (χ2v) is 7.36. The maximum Gasteiger partial charge on any atom is 0.263 e. The summed E-state index contributed by atoms with van der Waals surface area (Å²) in [4.78, 5) is 13.2. The lowest BCUT2D eigenvalue weighted by Crippen LogP contribution is -2.44. The molecule has 3 aromatic rings. The van der Waals surface area contributed by atoms with Gasteiger partial charge in [0.1, 0.15) is 12.2 Å². The largest absolute Gasteiger partial charge is 0.481 e. The van der Waals surface area contributed by atoms with E-state index < -0.39 is 12.7 Å². The molecule has 32 heavy (non-hydrogen) atoms. The smallest absolute Gasteiger partial charge is 0.263 e. The van der Waals surface area contributed by atoms with Crippen molar-refractivity contribution in [3.63, 3.8) is 0 Å². The van der Waals surface area contributed by atoms with E-state index in [0.29, 0.717) is 11.7 Å². The number of aromatic nitrogens is 1. The minimum absolute atomic E-state index is 0.00829. The number of ether oxygens (including phenoxy) is 1. The van der Waals surface area contributed by atoms with Crippen LogP contribution in [0, 0.1) is 0 Å². The predicted molar refractivity (Wildman–Crippen MR) is 120 cm³/mol. The Hall–Kier alpha value is -4.01. The summed E-state index contributed by atoms with van der Waals surface area (Å²) in [5.41, 5.74) is 6.49. The summed E-state index contributed by atoms with van der Waals surface area (Å²) in [5.74, 6) is 1.92. The van der Waals surface area contributed by atoms with E-state index in [2.05, 4.69) is 15.5 Å². The van der Waals surface area contributed by atoms with Crippen LogP contribution >= 0.6 is 0 Å². The Morgan fingerprint density at radius 3 is 2.62 bits per heavy atom. The molecule has 0 spiro atoms. The van der Waals surface area contributed by atoms with Crippen LogP contribution in [0.3, 0.4) is 0 Å². The molecule has 2 aliphatic heterocycles. The number of amidine groups is 1. The van der Waals surface area contributed by atoms with E-state index in [-0.39, 0.29) is 5.56 Å². The number of alkyl halides is 2. The lowest BCUT2D eigenvalue weighted by molar-refractivity contribution is 0.151. The van der Waals surface area contributed by atoms with Crippen LogP contribution in [0.15, 0.2) is 70.8 Å². The van der Waals surface area contributed by atoms with Crippen molar-refractivity contribution >= 4 is 23.7 Å². The first-order valence-electron chi connectivity index (χ1n) is 9.97. The van der Waals surface area contributed by atoms with E-state index in [1.165, 1.54) is 12.1 Å². The highest BCUT2D eigenvalue weighted by molar-refractivity contribution is 6.15. The molecule has 0 aliphatic carbocycles. The van der Waals surface area contributed by atoms with Crippen LogP contribution in [0.1, 0.15) is 17.6 Å². The summed E-state index contributed by atoms with van der Waals surface area (Å²) >= 11 is 0. The molecule has 5 rings (SSSR count). The highest BCUT2D eigenvalue weighted by Crippen LogP contribution is 2.32. The molecule has 0 fully saturated rings. The molecule has 162 valence electrons. The average molecular weight is 434 g/mol. The van der Waals surface area contributed by atoms with Gasteiger partial charge in [-0.3, -0.25) is 10.3 Å². The van der Waals surface area contributed by atoms with Crippen molar-refractivity contribution in [2.24, 2.45) is 10.1 Å². The van der Waals surface area contributed by atoms with Crippen molar-refractivity contribution in [2.75, 3.05) is 24.0 Å². The van der Waals surface area contributed by atoms with E-state index >= 15 is 0 Å². The average Bonchev–Trinajstić information content (AvgIpc) is 3.32. The molecule has 0 bridgehead atoms. The molecule has 1 aromatic heterocycles. The first-order chi connectivity index (χ1) is 15.5. The number of pyridine rings is 1. The van der Waals surface area contributed by atoms with Crippen LogP contribution in [0.25, 0.3) is 11.1 Å². The van der Waals surface area contributed by atoms with Crippen molar-refractivity contribution < 1.29 is 13.5 Å². The second kappa shape index (κ2) is 7.92. The van der Waals surface area contributed by atoms with Gasteiger partial charge >= 0.3 is 0 Å². The number of anilines is 2. The number of methoxy groups -OCH3 is 1. The molecular weight excluding hydrogens is 414 g/mol. The molecule has 3 heterocycles. The second-order valence-electron chi connectivity index (χ2n) is 7.36. The molecule has 0 saturated heterocycles. The first-order valence-corrected chi connectivity index (χ1v) is 9.97. The highest BCUT2D eigenvalue weighted by Gasteiger charge is 2.33. The van der Waals surface area contributed by atoms with Crippen molar-refractivity contribution in [2.45, 2.75) is 12.7 Å². The Morgan fingerprint density at radius 2 is 1.88 bits per heavy atom. The van der Waals surface area contributed by atoms with Crippen LogP contribution in [-0.2, 0) is 0 Å². The van der Waals surface area contributed by atoms with Gasteiger partial charge in [-0.1, -0.05) is 36.4 Å². The van der Waals surface area contributed by atoms with Gasteiger partial charge in [-0.25, -0.2) is 13.8 Å². The third-order valence-corrected chi connectivity index (χ3v) is 5.47. The molecule has 9 heteroatoms. The molecule has 0 saturated carbocycles. The zero-order valence-corrected chi connectivity index (χ0v) is 17.4. The van der Waals surface area contributed by atoms with Gasteiger partial charge in [-0.2, -0.15) is 10.1 Å². The van der Waals surface area contributed by atoms with Crippen LogP contribution in [0.5, 0.6) is 5.88 Å². The summed E-state index contributed by atoms with van der Waals surface area (Å²) in [6.45, 7) is 0. The number of aliphatic imine (C=N–C) groups is 1. The quantitative estimate of drug-likeness (QED) is 0.666. The van der Waals surface area contributed by atoms with Gasteiger partial charge in [-0.15, -0.1) is 0 Å². The van der Waals surface area contributed by atoms with Crippen molar-refractivity contribution in [3.05, 3.63) is 71.8 Å². The predicted octanol–water partition coefficient (Wildman–Crippen LogP) is 4.23. The SMILES string of the molecule is COc1ccc2c(n1)N1C=NNC1N=C2N(C)c1cccc(-c2ccc(C(F)F)cc2)c1.